The summed E-state index contributed by atoms with van der Waals surface area (Å²) in [6.45, 7) is 1.65. The van der Waals surface area contributed by atoms with Crippen LogP contribution in [-0.4, -0.2) is 24.6 Å². The topological polar surface area (TPSA) is 60.5 Å². The molecule has 0 aliphatic heterocycles. The molecule has 0 saturated carbocycles. The molecule has 6 heteroatoms. The highest BCUT2D eigenvalue weighted by Gasteiger charge is 2.10. The van der Waals surface area contributed by atoms with Crippen molar-refractivity contribution in [3.8, 4) is 11.5 Å². The van der Waals surface area contributed by atoms with Crippen LogP contribution >= 0.6 is 0 Å². The van der Waals surface area contributed by atoms with Crippen LogP contribution in [0.1, 0.15) is 5.69 Å². The molecule has 5 nitrogen and oxygen atoms in total. The number of fused-ring (bicyclic) bond motifs is 1. The zero-order valence-corrected chi connectivity index (χ0v) is 13.9. The second-order valence-corrected chi connectivity index (χ2v) is 5.49. The highest BCUT2D eigenvalue weighted by atomic mass is 19.1. The average Bonchev–Trinajstić information content (AvgIpc) is 2.61. The lowest BCUT2D eigenvalue weighted by atomic mass is 10.1. The standard InChI is InChI=1S/C19H17FN2O3/c1-12-9-18(16-10-13(20)3-8-17(16)21-12)22-19(23)11-25-15-6-4-14(24-2)5-7-15/h3-10H,11H2,1-2H3,(H,21,22,23). The lowest BCUT2D eigenvalue weighted by Gasteiger charge is -2.11. The first kappa shape index (κ1) is 16.7. The molecule has 0 saturated heterocycles. The van der Waals surface area contributed by atoms with Gasteiger partial charge in [-0.3, -0.25) is 9.78 Å². The molecule has 1 N–H and O–H groups in total. The zero-order valence-electron chi connectivity index (χ0n) is 13.9. The maximum Gasteiger partial charge on any atom is 0.262 e. The summed E-state index contributed by atoms with van der Waals surface area (Å²) in [6, 6.07) is 12.9. The number of halogens is 1. The minimum Gasteiger partial charge on any atom is -0.497 e. The third kappa shape index (κ3) is 4.03. The highest BCUT2D eigenvalue weighted by Crippen LogP contribution is 2.24. The molecule has 1 aromatic heterocycles. The maximum atomic E-state index is 13.5. The highest BCUT2D eigenvalue weighted by molar-refractivity contribution is 6.01. The third-order valence-corrected chi connectivity index (χ3v) is 3.60. The lowest BCUT2D eigenvalue weighted by Crippen LogP contribution is -2.20. The fourth-order valence-corrected chi connectivity index (χ4v) is 2.44. The summed E-state index contributed by atoms with van der Waals surface area (Å²) in [5.74, 6) is 0.533. The molecule has 0 unspecified atom stereocenters. The minimum atomic E-state index is -0.386. The Labute approximate surface area is 144 Å². The van der Waals surface area contributed by atoms with Crippen LogP contribution in [0.2, 0.25) is 0 Å². The van der Waals surface area contributed by atoms with Crippen LogP contribution in [0.15, 0.2) is 48.5 Å². The van der Waals surface area contributed by atoms with E-state index in [1.807, 2.05) is 6.92 Å². The molecular formula is C19H17FN2O3. The summed E-state index contributed by atoms with van der Waals surface area (Å²) in [7, 11) is 1.58. The molecule has 128 valence electrons. The molecule has 0 spiro atoms. The number of carbonyl (C=O) groups excluding carboxylic acids is 1. The van der Waals surface area contributed by atoms with Crippen LogP contribution in [0.3, 0.4) is 0 Å². The van der Waals surface area contributed by atoms with Gasteiger partial charge in [0.05, 0.1) is 18.3 Å². The van der Waals surface area contributed by atoms with Gasteiger partial charge >= 0.3 is 0 Å². The third-order valence-electron chi connectivity index (χ3n) is 3.60. The predicted molar refractivity (Wildman–Crippen MR) is 93.6 cm³/mol. The van der Waals surface area contributed by atoms with E-state index in [1.54, 1.807) is 43.5 Å². The molecule has 3 rings (SSSR count). The van der Waals surface area contributed by atoms with Crippen molar-refractivity contribution in [2.45, 2.75) is 6.92 Å². The number of rotatable bonds is 5. The fraction of sp³-hybridized carbons (Fsp3) is 0.158. The average molecular weight is 340 g/mol. The van der Waals surface area contributed by atoms with Gasteiger partial charge in [-0.15, -0.1) is 0 Å². The van der Waals surface area contributed by atoms with Gasteiger partial charge in [0.25, 0.3) is 5.91 Å². The van der Waals surface area contributed by atoms with E-state index in [4.69, 9.17) is 9.47 Å². The van der Waals surface area contributed by atoms with E-state index in [0.29, 0.717) is 28.1 Å². The summed E-state index contributed by atoms with van der Waals surface area (Å²) in [5.41, 5.74) is 1.85. The second-order valence-electron chi connectivity index (χ2n) is 5.49. The van der Waals surface area contributed by atoms with E-state index in [2.05, 4.69) is 10.3 Å². The van der Waals surface area contributed by atoms with Crippen molar-refractivity contribution in [2.24, 2.45) is 0 Å². The van der Waals surface area contributed by atoms with Gasteiger partial charge in [0, 0.05) is 11.1 Å². The van der Waals surface area contributed by atoms with Gasteiger partial charge in [-0.25, -0.2) is 4.39 Å². The lowest BCUT2D eigenvalue weighted by molar-refractivity contribution is -0.118. The van der Waals surface area contributed by atoms with E-state index >= 15 is 0 Å². The molecule has 0 aliphatic rings. The molecule has 3 aromatic rings. The number of methoxy groups -OCH3 is 1. The Bertz CT molecular complexity index is 910. The van der Waals surface area contributed by atoms with Gasteiger partial charge < -0.3 is 14.8 Å². The summed E-state index contributed by atoms with van der Waals surface area (Å²) >= 11 is 0. The zero-order chi connectivity index (χ0) is 17.8. The summed E-state index contributed by atoms with van der Waals surface area (Å²) in [4.78, 5) is 16.5. The predicted octanol–water partition coefficient (Wildman–Crippen LogP) is 3.71. The molecular weight excluding hydrogens is 323 g/mol. The summed E-state index contributed by atoms with van der Waals surface area (Å²) in [5, 5.41) is 3.30. The second kappa shape index (κ2) is 7.17. The van der Waals surface area contributed by atoms with Crippen LogP contribution in [-0.2, 0) is 4.79 Å². The molecule has 0 atom stereocenters. The number of nitrogens with one attached hydrogen (secondary N) is 1. The van der Waals surface area contributed by atoms with E-state index in [-0.39, 0.29) is 18.3 Å². The monoisotopic (exact) mass is 340 g/mol. The largest absolute Gasteiger partial charge is 0.497 e. The number of hydrogen-bond donors (Lipinski definition) is 1. The molecule has 0 bridgehead atoms. The summed E-state index contributed by atoms with van der Waals surface area (Å²) < 4.78 is 24.0. The van der Waals surface area contributed by atoms with Crippen LogP contribution < -0.4 is 14.8 Å². The van der Waals surface area contributed by atoms with Crippen molar-refractivity contribution >= 4 is 22.5 Å². The first-order valence-electron chi connectivity index (χ1n) is 7.69. The van der Waals surface area contributed by atoms with Crippen LogP contribution in [0.5, 0.6) is 11.5 Å². The van der Waals surface area contributed by atoms with Gasteiger partial charge in [-0.1, -0.05) is 0 Å². The number of carbonyl (C=O) groups is 1. The molecule has 1 heterocycles. The molecule has 2 aromatic carbocycles. The van der Waals surface area contributed by atoms with Crippen molar-refractivity contribution in [3.05, 3.63) is 60.0 Å². The van der Waals surface area contributed by atoms with Gasteiger partial charge in [0.2, 0.25) is 0 Å². The molecule has 25 heavy (non-hydrogen) atoms. The van der Waals surface area contributed by atoms with Crippen molar-refractivity contribution in [1.29, 1.82) is 0 Å². The van der Waals surface area contributed by atoms with E-state index in [0.717, 1.165) is 5.69 Å². The first-order chi connectivity index (χ1) is 12.0. The summed E-state index contributed by atoms with van der Waals surface area (Å²) in [6.07, 6.45) is 0. The Morgan fingerprint density at radius 2 is 1.84 bits per heavy atom. The number of anilines is 1. The van der Waals surface area contributed by atoms with Crippen LogP contribution in [0, 0.1) is 12.7 Å². The fourth-order valence-electron chi connectivity index (χ4n) is 2.44. The van der Waals surface area contributed by atoms with Crippen molar-refractivity contribution in [3.63, 3.8) is 0 Å². The van der Waals surface area contributed by atoms with Crippen molar-refractivity contribution < 1.29 is 18.7 Å². The number of benzene rings is 2. The van der Waals surface area contributed by atoms with Crippen molar-refractivity contribution in [1.82, 2.24) is 4.98 Å². The quantitative estimate of drug-likeness (QED) is 0.769. The molecule has 0 fully saturated rings. The van der Waals surface area contributed by atoms with E-state index < -0.39 is 0 Å². The number of aromatic nitrogens is 1. The number of amides is 1. The number of nitrogens with zero attached hydrogens (tertiary/aromatic N) is 1. The molecule has 0 radical (unpaired) electrons. The normalized spacial score (nSPS) is 10.5. The molecule has 1 amide bonds. The minimum absolute atomic E-state index is 0.162. The first-order valence-corrected chi connectivity index (χ1v) is 7.69. The van der Waals surface area contributed by atoms with Gasteiger partial charge in [0.1, 0.15) is 17.3 Å². The smallest absolute Gasteiger partial charge is 0.262 e. The van der Waals surface area contributed by atoms with Crippen molar-refractivity contribution in [2.75, 3.05) is 19.0 Å². The Morgan fingerprint density at radius 1 is 1.12 bits per heavy atom. The van der Waals surface area contributed by atoms with Gasteiger partial charge in [-0.2, -0.15) is 0 Å². The van der Waals surface area contributed by atoms with Gasteiger partial charge in [-0.05, 0) is 55.5 Å². The van der Waals surface area contributed by atoms with Crippen LogP contribution in [0.4, 0.5) is 10.1 Å². The molecule has 0 aliphatic carbocycles. The Kier molecular flexibility index (Phi) is 4.79. The Morgan fingerprint density at radius 3 is 2.56 bits per heavy atom. The van der Waals surface area contributed by atoms with E-state index in [1.165, 1.54) is 12.1 Å². The maximum absolute atomic E-state index is 13.5. The van der Waals surface area contributed by atoms with Crippen LogP contribution in [0.25, 0.3) is 10.9 Å². The SMILES string of the molecule is COc1ccc(OCC(=O)Nc2cc(C)nc3ccc(F)cc23)cc1. The number of hydrogen-bond acceptors (Lipinski definition) is 4. The number of ether oxygens (including phenoxy) is 2. The van der Waals surface area contributed by atoms with Gasteiger partial charge in [0.15, 0.2) is 6.61 Å². The number of aryl methyl sites for hydroxylation is 1. The Hall–Kier alpha value is -3.15. The van der Waals surface area contributed by atoms with E-state index in [9.17, 15) is 9.18 Å². The number of pyridine rings is 1. The Balaban J connectivity index is 1.72.